The zero-order valence-corrected chi connectivity index (χ0v) is 14.2. The van der Waals surface area contributed by atoms with Gasteiger partial charge >= 0.3 is 0 Å². The Morgan fingerprint density at radius 1 is 1.15 bits per heavy atom. The van der Waals surface area contributed by atoms with E-state index < -0.39 is 5.54 Å². The van der Waals surface area contributed by atoms with Crippen LogP contribution in [0.2, 0.25) is 0 Å². The van der Waals surface area contributed by atoms with E-state index in [1.807, 2.05) is 20.8 Å². The number of hydrogen-bond acceptors (Lipinski definition) is 3. The molecule has 0 bridgehead atoms. The molecule has 0 spiro atoms. The number of rotatable bonds is 12. The fourth-order valence-electron chi connectivity index (χ4n) is 2.69. The largest absolute Gasteiger partial charge is 0.368 e. The maximum atomic E-state index is 11.6. The molecule has 1 unspecified atom stereocenters. The Balaban J connectivity index is 4.14. The van der Waals surface area contributed by atoms with Crippen LogP contribution in [0.3, 0.4) is 0 Å². The molecule has 3 N–H and O–H groups in total. The van der Waals surface area contributed by atoms with E-state index in [0.29, 0.717) is 0 Å². The van der Waals surface area contributed by atoms with E-state index >= 15 is 0 Å². The molecular formula is C16H35N3O. The van der Waals surface area contributed by atoms with Gasteiger partial charge in [0, 0.05) is 6.04 Å². The number of carbonyl (C=O) groups excluding carboxylic acids is 1. The van der Waals surface area contributed by atoms with Gasteiger partial charge in [0.2, 0.25) is 5.91 Å². The van der Waals surface area contributed by atoms with E-state index in [2.05, 4.69) is 24.1 Å². The van der Waals surface area contributed by atoms with Gasteiger partial charge in [-0.1, -0.05) is 13.8 Å². The van der Waals surface area contributed by atoms with Crippen LogP contribution in [0.5, 0.6) is 0 Å². The van der Waals surface area contributed by atoms with Crippen LogP contribution < -0.4 is 11.1 Å². The van der Waals surface area contributed by atoms with Crippen molar-refractivity contribution in [3.63, 3.8) is 0 Å². The van der Waals surface area contributed by atoms with E-state index in [1.54, 1.807) is 0 Å². The summed E-state index contributed by atoms with van der Waals surface area (Å²) in [7, 11) is 0. The molecular weight excluding hydrogens is 250 g/mol. The molecule has 0 rings (SSSR count). The van der Waals surface area contributed by atoms with Crippen LogP contribution in [-0.2, 0) is 4.79 Å². The number of nitrogens with one attached hydrogen (secondary N) is 1. The lowest BCUT2D eigenvalue weighted by Crippen LogP contribution is -2.55. The first-order valence-corrected chi connectivity index (χ1v) is 8.15. The molecule has 1 amide bonds. The minimum Gasteiger partial charge on any atom is -0.368 e. The lowest BCUT2D eigenvalue weighted by atomic mass is 9.93. The van der Waals surface area contributed by atoms with Crippen LogP contribution in [0.25, 0.3) is 0 Å². The van der Waals surface area contributed by atoms with Gasteiger partial charge in [-0.25, -0.2) is 0 Å². The monoisotopic (exact) mass is 285 g/mol. The number of nitrogens with two attached hydrogens (primary N) is 1. The van der Waals surface area contributed by atoms with Crippen LogP contribution in [0.1, 0.15) is 66.7 Å². The zero-order valence-electron chi connectivity index (χ0n) is 14.2. The third-order valence-electron chi connectivity index (χ3n) is 3.63. The van der Waals surface area contributed by atoms with Crippen LogP contribution in [0.15, 0.2) is 0 Å². The summed E-state index contributed by atoms with van der Waals surface area (Å²) in [6.07, 6.45) is 5.38. The number of hydrogen-bond donors (Lipinski definition) is 2. The molecule has 0 saturated heterocycles. The number of carbonyl (C=O) groups is 1. The maximum absolute atomic E-state index is 11.6. The quantitative estimate of drug-likeness (QED) is 0.542. The van der Waals surface area contributed by atoms with Crippen molar-refractivity contribution in [1.29, 1.82) is 0 Å². The third kappa shape index (κ3) is 7.85. The van der Waals surface area contributed by atoms with Crippen molar-refractivity contribution >= 4 is 5.91 Å². The van der Waals surface area contributed by atoms with Gasteiger partial charge in [-0.2, -0.15) is 0 Å². The van der Waals surface area contributed by atoms with Crippen molar-refractivity contribution in [2.75, 3.05) is 19.6 Å². The van der Waals surface area contributed by atoms with Gasteiger partial charge < -0.3 is 16.0 Å². The summed E-state index contributed by atoms with van der Waals surface area (Å²) in [4.78, 5) is 14.2. The Kier molecular flexibility index (Phi) is 9.86. The summed E-state index contributed by atoms with van der Waals surface area (Å²) in [5, 5.41) is 3.31. The van der Waals surface area contributed by atoms with Crippen LogP contribution >= 0.6 is 0 Å². The number of primary amides is 1. The highest BCUT2D eigenvalue weighted by Crippen LogP contribution is 2.15. The van der Waals surface area contributed by atoms with E-state index in [4.69, 9.17) is 5.73 Å². The van der Waals surface area contributed by atoms with Crippen LogP contribution in [-0.4, -0.2) is 42.0 Å². The molecule has 120 valence electrons. The fraction of sp³-hybridized carbons (Fsp3) is 0.938. The minimum absolute atomic E-state index is 0.245. The third-order valence-corrected chi connectivity index (χ3v) is 3.63. The lowest BCUT2D eigenvalue weighted by molar-refractivity contribution is -0.124. The molecule has 0 aliphatic rings. The molecule has 0 aromatic carbocycles. The Bertz CT molecular complexity index is 262. The van der Waals surface area contributed by atoms with Crippen molar-refractivity contribution in [3.05, 3.63) is 0 Å². The summed E-state index contributed by atoms with van der Waals surface area (Å²) in [5.74, 6) is -0.245. The molecule has 1 atom stereocenters. The average molecular weight is 285 g/mol. The number of unbranched alkanes of at least 4 members (excludes halogenated alkanes) is 1. The zero-order chi connectivity index (χ0) is 15.6. The highest BCUT2D eigenvalue weighted by molar-refractivity contribution is 5.84. The second kappa shape index (κ2) is 10.2. The molecule has 0 aliphatic carbocycles. The van der Waals surface area contributed by atoms with E-state index in [9.17, 15) is 4.79 Å². The normalized spacial score (nSPS) is 14.8. The molecule has 0 aromatic heterocycles. The van der Waals surface area contributed by atoms with Crippen molar-refractivity contribution in [2.45, 2.75) is 78.3 Å². The second-order valence-corrected chi connectivity index (χ2v) is 6.29. The topological polar surface area (TPSA) is 58.4 Å². The van der Waals surface area contributed by atoms with Crippen molar-refractivity contribution in [2.24, 2.45) is 5.73 Å². The van der Waals surface area contributed by atoms with Gasteiger partial charge in [-0.15, -0.1) is 0 Å². The molecule has 0 aliphatic heterocycles. The Hall–Kier alpha value is -0.610. The summed E-state index contributed by atoms with van der Waals surface area (Å²) < 4.78 is 0. The molecule has 0 saturated carbocycles. The van der Waals surface area contributed by atoms with Crippen LogP contribution in [0.4, 0.5) is 0 Å². The van der Waals surface area contributed by atoms with Crippen molar-refractivity contribution in [1.82, 2.24) is 10.2 Å². The van der Waals surface area contributed by atoms with Crippen LogP contribution in [0, 0.1) is 0 Å². The van der Waals surface area contributed by atoms with Crippen molar-refractivity contribution in [3.8, 4) is 0 Å². The van der Waals surface area contributed by atoms with E-state index in [1.165, 1.54) is 25.9 Å². The summed E-state index contributed by atoms with van der Waals surface area (Å²) in [6.45, 7) is 13.9. The average Bonchev–Trinajstić information content (AvgIpc) is 2.34. The molecule has 0 aromatic rings. The summed E-state index contributed by atoms with van der Waals surface area (Å²) in [6, 6.07) is 0.268. The predicted octanol–water partition coefficient (Wildman–Crippen LogP) is 2.52. The van der Waals surface area contributed by atoms with Gasteiger partial charge in [0.1, 0.15) is 0 Å². The Morgan fingerprint density at radius 2 is 1.70 bits per heavy atom. The lowest BCUT2D eigenvalue weighted by Gasteiger charge is -2.30. The van der Waals surface area contributed by atoms with E-state index in [0.717, 1.165) is 25.8 Å². The molecule has 4 heteroatoms. The molecule has 20 heavy (non-hydrogen) atoms. The molecule has 4 nitrogen and oxygen atoms in total. The summed E-state index contributed by atoms with van der Waals surface area (Å²) >= 11 is 0. The maximum Gasteiger partial charge on any atom is 0.237 e. The first-order valence-electron chi connectivity index (χ1n) is 8.15. The van der Waals surface area contributed by atoms with Gasteiger partial charge in [0.15, 0.2) is 0 Å². The van der Waals surface area contributed by atoms with E-state index in [-0.39, 0.29) is 11.9 Å². The SMILES string of the molecule is CCCN(CCC)CCCCC(C)(NC(C)C)C(N)=O. The number of nitrogens with zero attached hydrogens (tertiary/aromatic N) is 1. The van der Waals surface area contributed by atoms with Gasteiger partial charge in [0.25, 0.3) is 0 Å². The Morgan fingerprint density at radius 3 is 2.10 bits per heavy atom. The van der Waals surface area contributed by atoms with Crippen molar-refractivity contribution < 1.29 is 4.79 Å². The highest BCUT2D eigenvalue weighted by Gasteiger charge is 2.30. The Labute approximate surface area is 125 Å². The molecule has 0 radical (unpaired) electrons. The van der Waals surface area contributed by atoms with Gasteiger partial charge in [-0.05, 0) is 72.5 Å². The first-order chi connectivity index (χ1) is 9.35. The minimum atomic E-state index is -0.575. The standard InChI is InChI=1S/C16H35N3O/c1-6-11-19(12-7-2)13-9-8-10-16(5,15(17)20)18-14(3)4/h14,18H,6-13H2,1-5H3,(H2,17,20). The highest BCUT2D eigenvalue weighted by atomic mass is 16.1. The molecule has 0 fully saturated rings. The second-order valence-electron chi connectivity index (χ2n) is 6.29. The summed E-state index contributed by atoms with van der Waals surface area (Å²) in [5.41, 5.74) is 4.97. The molecule has 0 heterocycles. The fourth-order valence-corrected chi connectivity index (χ4v) is 2.69. The predicted molar refractivity (Wildman–Crippen MR) is 86.7 cm³/mol. The smallest absolute Gasteiger partial charge is 0.237 e. The van der Waals surface area contributed by atoms with Gasteiger partial charge in [-0.3, -0.25) is 4.79 Å². The number of amides is 1. The van der Waals surface area contributed by atoms with Gasteiger partial charge in [0.05, 0.1) is 5.54 Å². The first kappa shape index (κ1) is 19.4.